The molecule has 0 atom stereocenters. The van der Waals surface area contributed by atoms with Crippen LogP contribution in [0, 0.1) is 3.57 Å². The molecular weight excluding hydrogens is 279 g/mol. The van der Waals surface area contributed by atoms with Gasteiger partial charge >= 0.3 is 0 Å². The molecule has 0 bridgehead atoms. The molecule has 0 fully saturated rings. The number of H-pyrrole nitrogens is 1. The maximum atomic E-state index is 8.91. The lowest BCUT2D eigenvalue weighted by Crippen LogP contribution is -1.94. The number of halogens is 1. The molecule has 3 nitrogen and oxygen atoms in total. The van der Waals surface area contributed by atoms with E-state index in [4.69, 9.17) is 5.11 Å². The molecule has 1 heterocycles. The van der Waals surface area contributed by atoms with Gasteiger partial charge in [-0.3, -0.25) is 5.10 Å². The van der Waals surface area contributed by atoms with Gasteiger partial charge in [-0.05, 0) is 46.7 Å². The van der Waals surface area contributed by atoms with Crippen LogP contribution in [0.2, 0.25) is 0 Å². The molecule has 1 aromatic heterocycles. The van der Waals surface area contributed by atoms with Gasteiger partial charge in [0.1, 0.15) is 0 Å². The van der Waals surface area contributed by atoms with Crippen LogP contribution in [-0.2, 0) is 6.42 Å². The van der Waals surface area contributed by atoms with E-state index in [1.165, 1.54) is 9.13 Å². The van der Waals surface area contributed by atoms with Gasteiger partial charge in [0.15, 0.2) is 0 Å². The van der Waals surface area contributed by atoms with Crippen molar-refractivity contribution >= 4 is 33.5 Å². The Balaban J connectivity index is 2.66. The Hall–Kier alpha value is -0.620. The van der Waals surface area contributed by atoms with Crippen LogP contribution >= 0.6 is 22.6 Å². The molecule has 0 aliphatic rings. The van der Waals surface area contributed by atoms with E-state index in [0.29, 0.717) is 6.42 Å². The van der Waals surface area contributed by atoms with E-state index in [1.807, 2.05) is 18.3 Å². The largest absolute Gasteiger partial charge is 0.396 e. The Morgan fingerprint density at radius 1 is 1.46 bits per heavy atom. The number of benzene rings is 1. The summed E-state index contributed by atoms with van der Waals surface area (Å²) >= 11 is 2.28. The summed E-state index contributed by atoms with van der Waals surface area (Å²) in [6.45, 7) is 0.181. The first-order chi connectivity index (χ1) is 6.33. The van der Waals surface area contributed by atoms with Crippen LogP contribution in [-0.4, -0.2) is 21.9 Å². The second-order valence-electron chi connectivity index (χ2n) is 2.83. The molecule has 0 radical (unpaired) electrons. The first kappa shape index (κ1) is 8.96. The zero-order chi connectivity index (χ0) is 9.26. The zero-order valence-corrected chi connectivity index (χ0v) is 9.08. The van der Waals surface area contributed by atoms with Crippen molar-refractivity contribution < 1.29 is 5.11 Å². The Kier molecular flexibility index (Phi) is 2.50. The third-order valence-corrected chi connectivity index (χ3v) is 3.05. The quantitative estimate of drug-likeness (QED) is 0.826. The van der Waals surface area contributed by atoms with Gasteiger partial charge in [0.2, 0.25) is 0 Å². The number of aliphatic hydroxyl groups excluding tert-OH is 1. The summed E-state index contributed by atoms with van der Waals surface area (Å²) in [7, 11) is 0. The molecule has 13 heavy (non-hydrogen) atoms. The van der Waals surface area contributed by atoms with Crippen molar-refractivity contribution in [1.29, 1.82) is 0 Å². The fourth-order valence-corrected chi connectivity index (χ4v) is 2.16. The van der Waals surface area contributed by atoms with Crippen molar-refractivity contribution in [3.63, 3.8) is 0 Å². The standard InChI is InChI=1S/C9H9IN2O/c10-8-1-2-9-7(5-11-12-9)6(8)3-4-13/h1-2,5,13H,3-4H2,(H,11,12). The van der Waals surface area contributed by atoms with Crippen molar-refractivity contribution in [2.75, 3.05) is 6.61 Å². The Morgan fingerprint density at radius 3 is 3.08 bits per heavy atom. The van der Waals surface area contributed by atoms with E-state index in [-0.39, 0.29) is 6.61 Å². The predicted octanol–water partition coefficient (Wildman–Crippen LogP) is 1.70. The maximum absolute atomic E-state index is 8.91. The van der Waals surface area contributed by atoms with Crippen LogP contribution < -0.4 is 0 Å². The minimum atomic E-state index is 0.181. The van der Waals surface area contributed by atoms with E-state index < -0.39 is 0 Å². The number of aromatic amines is 1. The molecule has 1 aromatic carbocycles. The van der Waals surface area contributed by atoms with E-state index >= 15 is 0 Å². The number of aromatic nitrogens is 2. The van der Waals surface area contributed by atoms with Crippen LogP contribution in [0.15, 0.2) is 18.3 Å². The fourth-order valence-electron chi connectivity index (χ4n) is 1.42. The van der Waals surface area contributed by atoms with Crippen LogP contribution in [0.1, 0.15) is 5.56 Å². The second kappa shape index (κ2) is 3.63. The zero-order valence-electron chi connectivity index (χ0n) is 6.92. The first-order valence-corrected chi connectivity index (χ1v) is 5.12. The van der Waals surface area contributed by atoms with Crippen molar-refractivity contribution in [2.24, 2.45) is 0 Å². The normalized spacial score (nSPS) is 10.9. The molecule has 0 saturated carbocycles. The average Bonchev–Trinajstić information content (AvgIpc) is 2.58. The third kappa shape index (κ3) is 1.55. The summed E-state index contributed by atoms with van der Waals surface area (Å²) in [6.07, 6.45) is 2.50. The molecule has 2 aromatic rings. The van der Waals surface area contributed by atoms with E-state index in [2.05, 4.69) is 32.8 Å². The Bertz CT molecular complexity index is 424. The maximum Gasteiger partial charge on any atom is 0.0653 e. The van der Waals surface area contributed by atoms with Crippen molar-refractivity contribution in [3.05, 3.63) is 27.5 Å². The molecular formula is C9H9IN2O. The molecule has 68 valence electrons. The summed E-state index contributed by atoms with van der Waals surface area (Å²) in [5, 5.41) is 16.9. The second-order valence-corrected chi connectivity index (χ2v) is 3.99. The molecule has 0 spiro atoms. The number of nitrogens with one attached hydrogen (secondary N) is 1. The van der Waals surface area contributed by atoms with Gasteiger partial charge < -0.3 is 5.11 Å². The minimum Gasteiger partial charge on any atom is -0.396 e. The Morgan fingerprint density at radius 2 is 2.31 bits per heavy atom. The number of fused-ring (bicyclic) bond motifs is 1. The number of rotatable bonds is 2. The summed E-state index contributed by atoms with van der Waals surface area (Å²) in [5.41, 5.74) is 2.21. The van der Waals surface area contributed by atoms with Gasteiger partial charge in [0.05, 0.1) is 11.7 Å². The number of hydrogen-bond donors (Lipinski definition) is 2. The minimum absolute atomic E-state index is 0.181. The van der Waals surface area contributed by atoms with Gasteiger partial charge in [0, 0.05) is 15.6 Å². The van der Waals surface area contributed by atoms with E-state index in [0.717, 1.165) is 10.9 Å². The average molecular weight is 288 g/mol. The van der Waals surface area contributed by atoms with Gasteiger partial charge in [-0.1, -0.05) is 0 Å². The highest BCUT2D eigenvalue weighted by molar-refractivity contribution is 14.1. The van der Waals surface area contributed by atoms with Gasteiger partial charge in [-0.2, -0.15) is 5.10 Å². The highest BCUT2D eigenvalue weighted by Gasteiger charge is 2.05. The summed E-state index contributed by atoms with van der Waals surface area (Å²) in [4.78, 5) is 0. The lowest BCUT2D eigenvalue weighted by molar-refractivity contribution is 0.300. The lowest BCUT2D eigenvalue weighted by atomic mass is 10.1. The van der Waals surface area contributed by atoms with Crippen molar-refractivity contribution in [1.82, 2.24) is 10.2 Å². The monoisotopic (exact) mass is 288 g/mol. The fraction of sp³-hybridized carbons (Fsp3) is 0.222. The van der Waals surface area contributed by atoms with Crippen LogP contribution in [0.3, 0.4) is 0 Å². The highest BCUT2D eigenvalue weighted by Crippen LogP contribution is 2.22. The molecule has 0 aliphatic heterocycles. The van der Waals surface area contributed by atoms with Gasteiger partial charge in [0.25, 0.3) is 0 Å². The van der Waals surface area contributed by atoms with Crippen molar-refractivity contribution in [3.8, 4) is 0 Å². The van der Waals surface area contributed by atoms with Gasteiger partial charge in [-0.25, -0.2) is 0 Å². The number of hydrogen-bond acceptors (Lipinski definition) is 2. The van der Waals surface area contributed by atoms with Crippen LogP contribution in [0.5, 0.6) is 0 Å². The van der Waals surface area contributed by atoms with E-state index in [9.17, 15) is 0 Å². The van der Waals surface area contributed by atoms with Gasteiger partial charge in [-0.15, -0.1) is 0 Å². The molecule has 2 N–H and O–H groups in total. The molecule has 0 aliphatic carbocycles. The smallest absolute Gasteiger partial charge is 0.0653 e. The summed E-state index contributed by atoms with van der Waals surface area (Å²) < 4.78 is 1.18. The highest BCUT2D eigenvalue weighted by atomic mass is 127. The summed E-state index contributed by atoms with van der Waals surface area (Å²) in [6, 6.07) is 4.04. The molecule has 0 saturated heterocycles. The predicted molar refractivity (Wildman–Crippen MR) is 59.6 cm³/mol. The Labute approximate surface area is 89.3 Å². The molecule has 0 amide bonds. The third-order valence-electron chi connectivity index (χ3n) is 2.04. The van der Waals surface area contributed by atoms with E-state index in [1.54, 1.807) is 0 Å². The topological polar surface area (TPSA) is 48.9 Å². The number of aliphatic hydroxyl groups is 1. The van der Waals surface area contributed by atoms with Crippen LogP contribution in [0.4, 0.5) is 0 Å². The SMILES string of the molecule is OCCc1c(I)ccc2[nH]ncc12. The first-order valence-electron chi connectivity index (χ1n) is 4.04. The number of nitrogens with zero attached hydrogens (tertiary/aromatic N) is 1. The molecule has 0 unspecified atom stereocenters. The molecule has 4 heteroatoms. The van der Waals surface area contributed by atoms with Crippen LogP contribution in [0.25, 0.3) is 10.9 Å². The summed E-state index contributed by atoms with van der Waals surface area (Å²) in [5.74, 6) is 0. The lowest BCUT2D eigenvalue weighted by Gasteiger charge is -2.03. The van der Waals surface area contributed by atoms with Crippen molar-refractivity contribution in [2.45, 2.75) is 6.42 Å². The molecule has 2 rings (SSSR count).